The molecule has 3 unspecified atom stereocenters. The first-order valence-corrected chi connectivity index (χ1v) is 9.27. The molecule has 138 valence electrons. The second kappa shape index (κ2) is 6.39. The summed E-state index contributed by atoms with van der Waals surface area (Å²) in [7, 11) is 0. The molecule has 3 aliphatic rings. The lowest BCUT2D eigenvalue weighted by Crippen LogP contribution is -2.47. The van der Waals surface area contributed by atoms with Crippen LogP contribution in [0.15, 0.2) is 24.3 Å². The van der Waals surface area contributed by atoms with Gasteiger partial charge in [-0.2, -0.15) is 0 Å². The van der Waals surface area contributed by atoms with Gasteiger partial charge in [0.1, 0.15) is 12.1 Å². The van der Waals surface area contributed by atoms with E-state index in [2.05, 4.69) is 10.6 Å². The average molecular weight is 356 g/mol. The molecule has 7 nitrogen and oxygen atoms in total. The van der Waals surface area contributed by atoms with Crippen LogP contribution in [0.4, 0.5) is 4.79 Å². The van der Waals surface area contributed by atoms with Gasteiger partial charge in [-0.15, -0.1) is 0 Å². The van der Waals surface area contributed by atoms with Crippen molar-refractivity contribution in [2.75, 3.05) is 13.1 Å². The largest absolute Gasteiger partial charge is 0.351 e. The number of aryl methyl sites for hydroxylation is 1. The third kappa shape index (κ3) is 2.58. The van der Waals surface area contributed by atoms with Crippen LogP contribution in [-0.2, 0) is 21.5 Å². The standard InChI is InChI=1S/C19H24N4O3/c20-10-13-5-3-7-15(13)21-16(24)11-23-17(25)19(22-18(23)26)9-8-12-4-1-2-6-14(12)19/h1-2,4,6,13,15H,3,5,7-11,20H2,(H,21,24)(H,22,26). The molecule has 2 fully saturated rings. The Balaban J connectivity index is 1.48. The van der Waals surface area contributed by atoms with Gasteiger partial charge < -0.3 is 16.4 Å². The zero-order chi connectivity index (χ0) is 18.3. The second-order valence-electron chi connectivity index (χ2n) is 7.48. The fourth-order valence-electron chi connectivity index (χ4n) is 4.64. The molecule has 1 aromatic carbocycles. The average Bonchev–Trinajstić information content (AvgIpc) is 3.30. The molecule has 1 heterocycles. The molecule has 1 saturated heterocycles. The SMILES string of the molecule is NCC1CCCC1NC(=O)CN1C(=O)NC2(CCc3ccccc32)C1=O. The van der Waals surface area contributed by atoms with E-state index >= 15 is 0 Å². The molecular weight excluding hydrogens is 332 g/mol. The van der Waals surface area contributed by atoms with E-state index in [4.69, 9.17) is 5.73 Å². The molecule has 4 N–H and O–H groups in total. The summed E-state index contributed by atoms with van der Waals surface area (Å²) in [6.07, 6.45) is 4.21. The van der Waals surface area contributed by atoms with Crippen LogP contribution in [0, 0.1) is 5.92 Å². The van der Waals surface area contributed by atoms with Crippen LogP contribution in [0.3, 0.4) is 0 Å². The summed E-state index contributed by atoms with van der Waals surface area (Å²) in [6, 6.07) is 7.20. The zero-order valence-electron chi connectivity index (χ0n) is 14.7. The number of fused-ring (bicyclic) bond motifs is 2. The van der Waals surface area contributed by atoms with Crippen molar-refractivity contribution < 1.29 is 14.4 Å². The molecule has 3 atom stereocenters. The number of urea groups is 1. The van der Waals surface area contributed by atoms with Gasteiger partial charge in [-0.1, -0.05) is 30.7 Å². The van der Waals surface area contributed by atoms with Crippen molar-refractivity contribution in [2.45, 2.75) is 43.7 Å². The number of benzene rings is 1. The summed E-state index contributed by atoms with van der Waals surface area (Å²) in [4.78, 5) is 39.0. The Kier molecular flexibility index (Phi) is 4.19. The molecule has 1 saturated carbocycles. The molecule has 1 aliphatic heterocycles. The fraction of sp³-hybridized carbons (Fsp3) is 0.526. The zero-order valence-corrected chi connectivity index (χ0v) is 14.7. The van der Waals surface area contributed by atoms with Crippen LogP contribution in [0.25, 0.3) is 0 Å². The van der Waals surface area contributed by atoms with Gasteiger partial charge in [0, 0.05) is 6.04 Å². The maximum atomic E-state index is 13.0. The van der Waals surface area contributed by atoms with E-state index in [1.807, 2.05) is 24.3 Å². The summed E-state index contributed by atoms with van der Waals surface area (Å²) < 4.78 is 0. The molecule has 4 amide bonds. The minimum atomic E-state index is -1.01. The van der Waals surface area contributed by atoms with E-state index < -0.39 is 11.6 Å². The highest BCUT2D eigenvalue weighted by Crippen LogP contribution is 2.41. The van der Waals surface area contributed by atoms with Gasteiger partial charge in [-0.05, 0) is 49.3 Å². The third-order valence-electron chi connectivity index (χ3n) is 6.03. The molecule has 0 bridgehead atoms. The quantitative estimate of drug-likeness (QED) is 0.688. The Morgan fingerprint density at radius 2 is 2.12 bits per heavy atom. The van der Waals surface area contributed by atoms with Crippen molar-refractivity contribution in [3.05, 3.63) is 35.4 Å². The van der Waals surface area contributed by atoms with E-state index in [1.54, 1.807) is 0 Å². The monoisotopic (exact) mass is 356 g/mol. The fourth-order valence-corrected chi connectivity index (χ4v) is 4.64. The number of carbonyl (C=O) groups is 3. The predicted octanol–water partition coefficient (Wildman–Crippen LogP) is 0.624. The molecular formula is C19H24N4O3. The number of hydrogen-bond donors (Lipinski definition) is 3. The minimum absolute atomic E-state index is 0.0365. The third-order valence-corrected chi connectivity index (χ3v) is 6.03. The van der Waals surface area contributed by atoms with Gasteiger partial charge in [0.15, 0.2) is 0 Å². The lowest BCUT2D eigenvalue weighted by atomic mass is 9.92. The summed E-state index contributed by atoms with van der Waals surface area (Å²) in [6.45, 7) is 0.288. The maximum Gasteiger partial charge on any atom is 0.325 e. The second-order valence-corrected chi connectivity index (χ2v) is 7.48. The molecule has 1 spiro atoms. The van der Waals surface area contributed by atoms with E-state index in [1.165, 1.54) is 0 Å². The van der Waals surface area contributed by atoms with Crippen LogP contribution >= 0.6 is 0 Å². The Morgan fingerprint density at radius 1 is 1.31 bits per heavy atom. The molecule has 0 aromatic heterocycles. The summed E-state index contributed by atoms with van der Waals surface area (Å²) in [5.74, 6) is -0.360. The van der Waals surface area contributed by atoms with Crippen molar-refractivity contribution >= 4 is 17.8 Å². The van der Waals surface area contributed by atoms with Crippen LogP contribution in [0.1, 0.15) is 36.8 Å². The number of nitrogens with zero attached hydrogens (tertiary/aromatic N) is 1. The lowest BCUT2D eigenvalue weighted by molar-refractivity contribution is -0.135. The van der Waals surface area contributed by atoms with Crippen molar-refractivity contribution in [3.63, 3.8) is 0 Å². The van der Waals surface area contributed by atoms with Crippen LogP contribution in [0.5, 0.6) is 0 Å². The number of imide groups is 1. The Bertz CT molecular complexity index is 765. The minimum Gasteiger partial charge on any atom is -0.351 e. The lowest BCUT2D eigenvalue weighted by Gasteiger charge is -2.23. The Hall–Kier alpha value is -2.41. The first-order chi connectivity index (χ1) is 12.5. The van der Waals surface area contributed by atoms with Gasteiger partial charge >= 0.3 is 6.03 Å². The van der Waals surface area contributed by atoms with Gasteiger partial charge in [0.25, 0.3) is 5.91 Å². The molecule has 4 rings (SSSR count). The van der Waals surface area contributed by atoms with Crippen LogP contribution in [0.2, 0.25) is 0 Å². The van der Waals surface area contributed by atoms with E-state index in [0.717, 1.165) is 41.7 Å². The summed E-state index contributed by atoms with van der Waals surface area (Å²) in [5.41, 5.74) is 6.66. The van der Waals surface area contributed by atoms with Gasteiger partial charge in [-0.3, -0.25) is 14.5 Å². The topological polar surface area (TPSA) is 105 Å². The van der Waals surface area contributed by atoms with Crippen LogP contribution < -0.4 is 16.4 Å². The highest BCUT2D eigenvalue weighted by Gasteiger charge is 2.55. The smallest absolute Gasteiger partial charge is 0.325 e. The molecule has 7 heteroatoms. The van der Waals surface area contributed by atoms with Gasteiger partial charge in [0.2, 0.25) is 5.91 Å². The molecule has 2 aliphatic carbocycles. The highest BCUT2D eigenvalue weighted by molar-refractivity contribution is 6.09. The normalized spacial score (nSPS) is 30.0. The Labute approximate surface area is 152 Å². The van der Waals surface area contributed by atoms with Crippen molar-refractivity contribution in [3.8, 4) is 0 Å². The maximum absolute atomic E-state index is 13.0. The number of nitrogens with one attached hydrogen (secondary N) is 2. The van der Waals surface area contributed by atoms with E-state index in [9.17, 15) is 14.4 Å². The summed E-state index contributed by atoms with van der Waals surface area (Å²) >= 11 is 0. The van der Waals surface area contributed by atoms with Crippen molar-refractivity contribution in [1.82, 2.24) is 15.5 Å². The Morgan fingerprint density at radius 3 is 2.92 bits per heavy atom. The number of nitrogens with two attached hydrogens (primary N) is 1. The van der Waals surface area contributed by atoms with E-state index in [-0.39, 0.29) is 30.3 Å². The van der Waals surface area contributed by atoms with Gasteiger partial charge in [0.05, 0.1) is 0 Å². The van der Waals surface area contributed by atoms with Gasteiger partial charge in [-0.25, -0.2) is 4.79 Å². The summed E-state index contributed by atoms with van der Waals surface area (Å²) in [5, 5.41) is 5.79. The number of carbonyl (C=O) groups excluding carboxylic acids is 3. The first kappa shape index (κ1) is 17.0. The van der Waals surface area contributed by atoms with Crippen LogP contribution in [-0.4, -0.2) is 41.9 Å². The molecule has 26 heavy (non-hydrogen) atoms. The highest BCUT2D eigenvalue weighted by atomic mass is 16.2. The number of rotatable bonds is 4. The number of amides is 4. The van der Waals surface area contributed by atoms with E-state index in [0.29, 0.717) is 13.0 Å². The van der Waals surface area contributed by atoms with Crippen molar-refractivity contribution in [1.29, 1.82) is 0 Å². The first-order valence-electron chi connectivity index (χ1n) is 9.27. The predicted molar refractivity (Wildman–Crippen MR) is 95.0 cm³/mol. The molecule has 0 radical (unpaired) electrons. The molecule has 1 aromatic rings. The number of hydrogen-bond acceptors (Lipinski definition) is 4. The van der Waals surface area contributed by atoms with Crippen molar-refractivity contribution in [2.24, 2.45) is 11.7 Å².